The second-order valence-electron chi connectivity index (χ2n) is 9.77. The van der Waals surface area contributed by atoms with Gasteiger partial charge in [-0.1, -0.05) is 12.1 Å². The van der Waals surface area contributed by atoms with Crippen LogP contribution in [0.5, 0.6) is 5.75 Å². The van der Waals surface area contributed by atoms with E-state index in [-0.39, 0.29) is 48.0 Å². The molecule has 0 radical (unpaired) electrons. The number of carbonyl (C=O) groups is 2. The van der Waals surface area contributed by atoms with Gasteiger partial charge in [0.15, 0.2) is 5.75 Å². The number of rotatable bonds is 11. The predicted molar refractivity (Wildman–Crippen MR) is 144 cm³/mol. The van der Waals surface area contributed by atoms with E-state index in [2.05, 4.69) is 10.3 Å². The number of benzene rings is 1. The molecule has 0 atom stereocenters. The molecule has 0 aliphatic carbocycles. The number of aromatic hydroxyl groups is 1. The van der Waals surface area contributed by atoms with E-state index >= 15 is 0 Å². The third kappa shape index (κ3) is 6.99. The molecule has 1 aromatic carbocycles. The molecule has 1 aliphatic rings. The number of sulfone groups is 1. The van der Waals surface area contributed by atoms with E-state index in [9.17, 15) is 32.3 Å². The van der Waals surface area contributed by atoms with E-state index in [0.717, 1.165) is 18.2 Å². The molecule has 0 bridgehead atoms. The number of pyridine rings is 2. The molecular formula is C27H31FN4O6S. The number of nitrogens with one attached hydrogen (secondary N) is 1. The normalized spacial score (nSPS) is 13.8. The van der Waals surface area contributed by atoms with E-state index < -0.39 is 32.6 Å². The summed E-state index contributed by atoms with van der Waals surface area (Å²) in [4.78, 5) is 44.3. The zero-order valence-corrected chi connectivity index (χ0v) is 22.5. The van der Waals surface area contributed by atoms with Gasteiger partial charge in [-0.3, -0.25) is 19.4 Å². The van der Waals surface area contributed by atoms with E-state index in [1.165, 1.54) is 22.9 Å². The Bertz CT molecular complexity index is 1550. The van der Waals surface area contributed by atoms with Crippen LogP contribution in [-0.4, -0.2) is 71.4 Å². The smallest absolute Gasteiger partial charge is 0.267 e. The molecule has 4 rings (SSSR count). The molecule has 2 aromatic heterocycles. The van der Waals surface area contributed by atoms with E-state index in [0.29, 0.717) is 37.9 Å². The maximum atomic E-state index is 13.5. The molecule has 2 amide bonds. The van der Waals surface area contributed by atoms with Gasteiger partial charge in [-0.05, 0) is 55.0 Å². The number of aromatic nitrogens is 2. The molecule has 208 valence electrons. The molecule has 0 unspecified atom stereocenters. The Labute approximate surface area is 225 Å². The van der Waals surface area contributed by atoms with Gasteiger partial charge in [-0.25, -0.2) is 12.8 Å². The number of aryl methyl sites for hydroxylation is 1. The number of halogens is 1. The Balaban J connectivity index is 1.62. The van der Waals surface area contributed by atoms with Crippen molar-refractivity contribution in [3.63, 3.8) is 0 Å². The van der Waals surface area contributed by atoms with Gasteiger partial charge >= 0.3 is 0 Å². The van der Waals surface area contributed by atoms with E-state index in [1.54, 1.807) is 23.1 Å². The summed E-state index contributed by atoms with van der Waals surface area (Å²) in [7, 11) is -3.29. The maximum Gasteiger partial charge on any atom is 0.267 e. The van der Waals surface area contributed by atoms with Crippen molar-refractivity contribution in [3.8, 4) is 5.75 Å². The Kier molecular flexibility index (Phi) is 8.63. The second kappa shape index (κ2) is 11.9. The largest absolute Gasteiger partial charge is 0.505 e. The number of fused-ring (bicyclic) bond motifs is 1. The molecule has 0 spiro atoms. The van der Waals surface area contributed by atoms with Crippen molar-refractivity contribution in [1.29, 1.82) is 0 Å². The van der Waals surface area contributed by atoms with Crippen molar-refractivity contribution in [2.45, 2.75) is 38.6 Å². The van der Waals surface area contributed by atoms with Gasteiger partial charge in [0.25, 0.3) is 11.5 Å². The van der Waals surface area contributed by atoms with Gasteiger partial charge in [0, 0.05) is 45.1 Å². The number of amides is 2. The Morgan fingerprint density at radius 2 is 1.87 bits per heavy atom. The van der Waals surface area contributed by atoms with Crippen LogP contribution in [-0.2, 0) is 27.6 Å². The van der Waals surface area contributed by atoms with Gasteiger partial charge in [0.2, 0.25) is 5.91 Å². The summed E-state index contributed by atoms with van der Waals surface area (Å²) in [5, 5.41) is 13.6. The summed E-state index contributed by atoms with van der Waals surface area (Å²) in [5.74, 6) is -1.79. The summed E-state index contributed by atoms with van der Waals surface area (Å²) in [5.41, 5.74) is 0.538. The third-order valence-electron chi connectivity index (χ3n) is 6.64. The average Bonchev–Trinajstić information content (AvgIpc) is 3.29. The van der Waals surface area contributed by atoms with E-state index in [1.807, 2.05) is 0 Å². The van der Waals surface area contributed by atoms with Gasteiger partial charge in [0.1, 0.15) is 26.7 Å². The van der Waals surface area contributed by atoms with Gasteiger partial charge in [-0.15, -0.1) is 0 Å². The fraction of sp³-hybridized carbons (Fsp3) is 0.407. The minimum Gasteiger partial charge on any atom is -0.505 e. The van der Waals surface area contributed by atoms with Crippen LogP contribution in [0.25, 0.3) is 11.0 Å². The lowest BCUT2D eigenvalue weighted by Crippen LogP contribution is -2.35. The minimum absolute atomic E-state index is 0.0122. The maximum absolute atomic E-state index is 13.5. The lowest BCUT2D eigenvalue weighted by molar-refractivity contribution is -0.127. The monoisotopic (exact) mass is 558 g/mol. The van der Waals surface area contributed by atoms with Crippen molar-refractivity contribution in [2.75, 3.05) is 31.6 Å². The van der Waals surface area contributed by atoms with Crippen LogP contribution in [0.15, 0.2) is 41.3 Å². The van der Waals surface area contributed by atoms with Crippen molar-refractivity contribution in [2.24, 2.45) is 0 Å². The highest BCUT2D eigenvalue weighted by Crippen LogP contribution is 2.26. The molecule has 2 N–H and O–H groups in total. The van der Waals surface area contributed by atoms with Crippen molar-refractivity contribution in [1.82, 2.24) is 19.8 Å². The van der Waals surface area contributed by atoms with Crippen LogP contribution in [0.4, 0.5) is 4.39 Å². The quantitative estimate of drug-likeness (QED) is 0.343. The Morgan fingerprint density at radius 3 is 2.54 bits per heavy atom. The van der Waals surface area contributed by atoms with Crippen LogP contribution >= 0.6 is 0 Å². The highest BCUT2D eigenvalue weighted by atomic mass is 32.2. The SMILES string of the molecule is CS(=O)(=O)CCCn1c(=O)c(C(=O)NCCCN2CCCC2=O)c(O)c2ncc(Cc3ccc(F)cc3)cc21. The van der Waals surface area contributed by atoms with Crippen LogP contribution in [0.2, 0.25) is 0 Å². The summed E-state index contributed by atoms with van der Waals surface area (Å²) >= 11 is 0. The first-order valence-corrected chi connectivity index (χ1v) is 14.8. The standard InChI is InChI=1S/C27H31FN4O6S/c1-39(37,38)14-4-13-32-21-16-19(15-18-6-8-20(28)9-7-18)17-30-24(21)25(34)23(27(32)36)26(35)29-10-3-12-31-11-2-5-22(31)33/h6-9,16-17,34H,2-5,10-15H2,1H3,(H,29,35). The number of likely N-dealkylation sites (tertiary alicyclic amines) is 1. The van der Waals surface area contributed by atoms with Gasteiger partial charge < -0.3 is 19.9 Å². The number of hydrogen-bond acceptors (Lipinski definition) is 7. The zero-order chi connectivity index (χ0) is 28.2. The van der Waals surface area contributed by atoms with Crippen LogP contribution in [0.3, 0.4) is 0 Å². The molecular weight excluding hydrogens is 527 g/mol. The summed E-state index contributed by atoms with van der Waals surface area (Å²) in [6.07, 6.45) is 4.92. The predicted octanol–water partition coefficient (Wildman–Crippen LogP) is 2.01. The number of hydrogen-bond donors (Lipinski definition) is 2. The minimum atomic E-state index is -3.29. The van der Waals surface area contributed by atoms with Gasteiger partial charge in [0.05, 0.1) is 11.3 Å². The van der Waals surface area contributed by atoms with Crippen molar-refractivity contribution >= 4 is 32.7 Å². The lowest BCUT2D eigenvalue weighted by Gasteiger charge is -2.17. The average molecular weight is 559 g/mol. The van der Waals surface area contributed by atoms with Crippen LogP contribution in [0, 0.1) is 5.82 Å². The van der Waals surface area contributed by atoms with Crippen molar-refractivity contribution < 1.29 is 27.5 Å². The van der Waals surface area contributed by atoms with E-state index in [4.69, 9.17) is 0 Å². The molecule has 12 heteroatoms. The number of carbonyl (C=O) groups excluding carboxylic acids is 2. The fourth-order valence-electron chi connectivity index (χ4n) is 4.69. The summed E-state index contributed by atoms with van der Waals surface area (Å²) in [6.45, 7) is 1.35. The topological polar surface area (TPSA) is 139 Å². The highest BCUT2D eigenvalue weighted by Gasteiger charge is 2.24. The molecule has 0 saturated carbocycles. The zero-order valence-electron chi connectivity index (χ0n) is 21.7. The first-order chi connectivity index (χ1) is 18.5. The number of nitrogens with zero attached hydrogens (tertiary/aromatic N) is 3. The molecule has 10 nitrogen and oxygen atoms in total. The Morgan fingerprint density at radius 1 is 1.13 bits per heavy atom. The lowest BCUT2D eigenvalue weighted by atomic mass is 10.1. The first-order valence-electron chi connectivity index (χ1n) is 12.8. The molecule has 1 fully saturated rings. The molecule has 39 heavy (non-hydrogen) atoms. The molecule has 3 heterocycles. The van der Waals surface area contributed by atoms with Crippen molar-refractivity contribution in [3.05, 3.63) is 69.4 Å². The Hall–Kier alpha value is -3.80. The third-order valence-corrected chi connectivity index (χ3v) is 7.67. The summed E-state index contributed by atoms with van der Waals surface area (Å²) < 4.78 is 37.9. The second-order valence-corrected chi connectivity index (χ2v) is 12.0. The molecule has 1 aliphatic heterocycles. The van der Waals surface area contributed by atoms with Crippen LogP contribution in [0.1, 0.15) is 47.2 Å². The summed E-state index contributed by atoms with van der Waals surface area (Å²) in [6, 6.07) is 7.59. The first kappa shape index (κ1) is 28.2. The molecule has 3 aromatic rings. The fourth-order valence-corrected chi connectivity index (χ4v) is 5.35. The van der Waals surface area contributed by atoms with Gasteiger partial charge in [-0.2, -0.15) is 0 Å². The molecule has 1 saturated heterocycles. The van der Waals surface area contributed by atoms with Crippen LogP contribution < -0.4 is 10.9 Å². The highest BCUT2D eigenvalue weighted by molar-refractivity contribution is 7.90.